The number of nitrogens with two attached hydrogens (primary N) is 1. The zero-order valence-corrected chi connectivity index (χ0v) is 11.0. The van der Waals surface area contributed by atoms with Gasteiger partial charge >= 0.3 is 5.69 Å². The second-order valence-electron chi connectivity index (χ2n) is 4.21. The Labute approximate surface area is 115 Å². The highest BCUT2D eigenvalue weighted by molar-refractivity contribution is 5.74. The van der Waals surface area contributed by atoms with Gasteiger partial charge in [0.2, 0.25) is 0 Å². The minimum absolute atomic E-state index is 0.212. The van der Waals surface area contributed by atoms with Crippen molar-refractivity contribution < 1.29 is 4.79 Å². The zero-order valence-electron chi connectivity index (χ0n) is 11.0. The van der Waals surface area contributed by atoms with Gasteiger partial charge in [0.25, 0.3) is 5.91 Å². The molecule has 1 heterocycles. The van der Waals surface area contributed by atoms with Crippen LogP contribution < -0.4 is 22.4 Å². The first-order valence-electron chi connectivity index (χ1n) is 6.05. The Bertz CT molecular complexity index is 646. The molecule has 0 radical (unpaired) electrons. The maximum atomic E-state index is 12.0. The molecule has 0 unspecified atom stereocenters. The molecule has 20 heavy (non-hydrogen) atoms. The number of amides is 1. The molecule has 0 aliphatic heterocycles. The first kappa shape index (κ1) is 13.8. The Kier molecular flexibility index (Phi) is 4.16. The molecule has 4 N–H and O–H groups in total. The standard InChI is InChI=1S/C12H16N6O2/c1-9-16-17(8-11(19)15-13)12(20)18(9)14-7-10-5-3-2-4-6-10/h2-6,14H,7-8,13H2,1H3,(H,15,19). The van der Waals surface area contributed by atoms with Crippen molar-refractivity contribution in [3.63, 3.8) is 0 Å². The van der Waals surface area contributed by atoms with Crippen LogP contribution in [0.2, 0.25) is 0 Å². The van der Waals surface area contributed by atoms with Gasteiger partial charge in [-0.25, -0.2) is 15.3 Å². The van der Waals surface area contributed by atoms with E-state index in [2.05, 4.69) is 10.5 Å². The molecule has 1 aromatic carbocycles. The van der Waals surface area contributed by atoms with Crippen LogP contribution in [-0.2, 0) is 17.9 Å². The van der Waals surface area contributed by atoms with E-state index in [0.29, 0.717) is 12.4 Å². The number of aryl methyl sites for hydroxylation is 1. The summed E-state index contributed by atoms with van der Waals surface area (Å²) in [4.78, 5) is 23.2. The number of hydrogen-bond donors (Lipinski definition) is 3. The lowest BCUT2D eigenvalue weighted by Crippen LogP contribution is -2.38. The van der Waals surface area contributed by atoms with E-state index in [1.165, 1.54) is 4.68 Å². The fraction of sp³-hybridized carbons (Fsp3) is 0.250. The van der Waals surface area contributed by atoms with Gasteiger partial charge in [-0.05, 0) is 12.5 Å². The lowest BCUT2D eigenvalue weighted by atomic mass is 10.2. The van der Waals surface area contributed by atoms with Crippen molar-refractivity contribution in [3.8, 4) is 0 Å². The molecule has 0 spiro atoms. The second kappa shape index (κ2) is 6.02. The van der Waals surface area contributed by atoms with Crippen LogP contribution in [0.15, 0.2) is 35.1 Å². The molecular weight excluding hydrogens is 260 g/mol. The Morgan fingerprint density at radius 1 is 1.35 bits per heavy atom. The Morgan fingerprint density at radius 3 is 2.70 bits per heavy atom. The molecule has 0 saturated carbocycles. The first-order chi connectivity index (χ1) is 9.61. The quantitative estimate of drug-likeness (QED) is 0.372. The van der Waals surface area contributed by atoms with Crippen molar-refractivity contribution in [2.45, 2.75) is 20.0 Å². The summed E-state index contributed by atoms with van der Waals surface area (Å²) in [7, 11) is 0. The predicted molar refractivity (Wildman–Crippen MR) is 73.1 cm³/mol. The molecular formula is C12H16N6O2. The highest BCUT2D eigenvalue weighted by Crippen LogP contribution is 1.98. The molecule has 0 fully saturated rings. The number of nitrogens with zero attached hydrogens (tertiary/aromatic N) is 3. The molecule has 2 rings (SSSR count). The van der Waals surface area contributed by atoms with Gasteiger partial charge in [0, 0.05) is 0 Å². The normalized spacial score (nSPS) is 10.3. The van der Waals surface area contributed by atoms with Crippen molar-refractivity contribution in [1.29, 1.82) is 0 Å². The first-order valence-corrected chi connectivity index (χ1v) is 6.05. The summed E-state index contributed by atoms with van der Waals surface area (Å²) in [6.07, 6.45) is 0. The molecule has 1 amide bonds. The van der Waals surface area contributed by atoms with E-state index < -0.39 is 11.6 Å². The average molecular weight is 276 g/mol. The number of benzene rings is 1. The third-order valence-corrected chi connectivity index (χ3v) is 2.74. The minimum Gasteiger partial charge on any atom is -0.316 e. The van der Waals surface area contributed by atoms with Gasteiger partial charge in [-0.3, -0.25) is 10.2 Å². The molecule has 0 aliphatic carbocycles. The van der Waals surface area contributed by atoms with Crippen LogP contribution in [0, 0.1) is 6.92 Å². The second-order valence-corrected chi connectivity index (χ2v) is 4.21. The van der Waals surface area contributed by atoms with Crippen molar-refractivity contribution in [1.82, 2.24) is 19.9 Å². The van der Waals surface area contributed by atoms with E-state index in [-0.39, 0.29) is 6.54 Å². The predicted octanol–water partition coefficient (Wildman–Crippen LogP) is -0.913. The lowest BCUT2D eigenvalue weighted by Gasteiger charge is -2.06. The van der Waals surface area contributed by atoms with Gasteiger partial charge in [-0.2, -0.15) is 9.77 Å². The summed E-state index contributed by atoms with van der Waals surface area (Å²) in [5.41, 5.74) is 5.54. The zero-order chi connectivity index (χ0) is 14.5. The third-order valence-electron chi connectivity index (χ3n) is 2.74. The van der Waals surface area contributed by atoms with E-state index in [1.807, 2.05) is 35.8 Å². The van der Waals surface area contributed by atoms with Crippen LogP contribution in [0.3, 0.4) is 0 Å². The summed E-state index contributed by atoms with van der Waals surface area (Å²) in [6.45, 7) is 1.95. The van der Waals surface area contributed by atoms with Gasteiger partial charge in [0.15, 0.2) is 0 Å². The number of aromatic nitrogens is 3. The minimum atomic E-state index is -0.486. The van der Waals surface area contributed by atoms with Gasteiger partial charge < -0.3 is 5.43 Å². The van der Waals surface area contributed by atoms with Crippen molar-refractivity contribution in [3.05, 3.63) is 52.2 Å². The fourth-order valence-electron chi connectivity index (χ4n) is 1.75. The Balaban J connectivity index is 2.12. The van der Waals surface area contributed by atoms with E-state index in [1.54, 1.807) is 6.92 Å². The van der Waals surface area contributed by atoms with Gasteiger partial charge in [-0.1, -0.05) is 30.3 Å². The summed E-state index contributed by atoms with van der Waals surface area (Å²) in [5, 5.41) is 4.00. The largest absolute Gasteiger partial charge is 0.365 e. The molecule has 0 bridgehead atoms. The van der Waals surface area contributed by atoms with Crippen molar-refractivity contribution >= 4 is 5.91 Å². The fourth-order valence-corrected chi connectivity index (χ4v) is 1.75. The maximum Gasteiger partial charge on any atom is 0.365 e. The third kappa shape index (κ3) is 3.04. The van der Waals surface area contributed by atoms with E-state index in [9.17, 15) is 9.59 Å². The van der Waals surface area contributed by atoms with E-state index in [0.717, 1.165) is 10.2 Å². The number of nitrogens with one attached hydrogen (secondary N) is 2. The van der Waals surface area contributed by atoms with E-state index in [4.69, 9.17) is 5.84 Å². The summed E-state index contributed by atoms with van der Waals surface area (Å²) in [5.74, 6) is 4.97. The van der Waals surface area contributed by atoms with Crippen LogP contribution in [0.4, 0.5) is 0 Å². The molecule has 8 heteroatoms. The molecule has 106 valence electrons. The van der Waals surface area contributed by atoms with Crippen LogP contribution in [0.25, 0.3) is 0 Å². The molecule has 2 aromatic rings. The molecule has 0 atom stereocenters. The van der Waals surface area contributed by atoms with Crippen LogP contribution in [0.5, 0.6) is 0 Å². The number of carbonyl (C=O) groups is 1. The van der Waals surface area contributed by atoms with Gasteiger partial charge in [0.1, 0.15) is 12.4 Å². The average Bonchev–Trinajstić information content (AvgIpc) is 2.72. The Hall–Kier alpha value is -2.61. The van der Waals surface area contributed by atoms with Crippen LogP contribution in [0.1, 0.15) is 11.4 Å². The SMILES string of the molecule is Cc1nn(CC(=O)NN)c(=O)n1NCc1ccccc1. The topological polar surface area (TPSA) is 107 Å². The van der Waals surface area contributed by atoms with E-state index >= 15 is 0 Å². The highest BCUT2D eigenvalue weighted by atomic mass is 16.2. The molecule has 0 aliphatic rings. The molecule has 1 aromatic heterocycles. The molecule has 0 saturated heterocycles. The number of carbonyl (C=O) groups excluding carboxylic acids is 1. The number of hydrogen-bond acceptors (Lipinski definition) is 5. The smallest absolute Gasteiger partial charge is 0.316 e. The van der Waals surface area contributed by atoms with Gasteiger partial charge in [0.05, 0.1) is 6.54 Å². The number of hydrazine groups is 1. The summed E-state index contributed by atoms with van der Waals surface area (Å²) >= 11 is 0. The van der Waals surface area contributed by atoms with Crippen LogP contribution in [-0.4, -0.2) is 20.4 Å². The molecule has 8 nitrogen and oxygen atoms in total. The highest BCUT2D eigenvalue weighted by Gasteiger charge is 2.12. The van der Waals surface area contributed by atoms with Crippen LogP contribution >= 0.6 is 0 Å². The number of rotatable bonds is 5. The van der Waals surface area contributed by atoms with Crippen molar-refractivity contribution in [2.75, 3.05) is 5.43 Å². The maximum absolute atomic E-state index is 12.0. The van der Waals surface area contributed by atoms with Crippen molar-refractivity contribution in [2.24, 2.45) is 5.84 Å². The summed E-state index contributed by atoms with van der Waals surface area (Å²) < 4.78 is 2.35. The lowest BCUT2D eigenvalue weighted by molar-refractivity contribution is -0.121. The Morgan fingerprint density at radius 2 is 2.05 bits per heavy atom. The van der Waals surface area contributed by atoms with Gasteiger partial charge in [-0.15, -0.1) is 0 Å². The summed E-state index contributed by atoms with van der Waals surface area (Å²) in [6, 6.07) is 9.65. The monoisotopic (exact) mass is 276 g/mol.